The van der Waals surface area contributed by atoms with E-state index in [0.29, 0.717) is 15.6 Å². The molecule has 8 heteroatoms. The van der Waals surface area contributed by atoms with Crippen LogP contribution >= 0.6 is 11.3 Å². The molecule has 1 aromatic heterocycles. The largest absolute Gasteiger partial charge is 0.368 e. The van der Waals surface area contributed by atoms with Gasteiger partial charge in [0.1, 0.15) is 17.6 Å². The molecule has 1 saturated carbocycles. The number of fused-ring (bicyclic) bond motifs is 2. The van der Waals surface area contributed by atoms with Crippen LogP contribution in [-0.4, -0.2) is 47.9 Å². The van der Waals surface area contributed by atoms with Gasteiger partial charge >= 0.3 is 0 Å². The lowest BCUT2D eigenvalue weighted by atomic mass is 9.97. The van der Waals surface area contributed by atoms with Gasteiger partial charge in [0.2, 0.25) is 5.91 Å². The van der Waals surface area contributed by atoms with E-state index in [0.717, 1.165) is 19.3 Å². The number of primary amides is 1. The number of likely N-dealkylation sites (tertiary alicyclic amines) is 1. The number of nitrogens with two attached hydrogens (primary N) is 1. The molecule has 2 amide bonds. The van der Waals surface area contributed by atoms with Crippen molar-refractivity contribution in [1.29, 1.82) is 0 Å². The standard InChI is InChI=1S/C19H21FN4O2S/c1-23(2)19-22-14(16(27-19)12-5-3-4-6-13(12)20)18(26)24-11-8-7-10(9-11)15(24)17(21)25/h3-6,10-11,15H,7-9H2,1-2H3,(H2,21,25)/t10-,11+,15-/m0/s1. The number of hydrogen-bond acceptors (Lipinski definition) is 5. The second-order valence-electron chi connectivity index (χ2n) is 7.34. The Kier molecular flexibility index (Phi) is 4.38. The molecule has 2 bridgehead atoms. The van der Waals surface area contributed by atoms with Crippen molar-refractivity contribution in [2.75, 3.05) is 19.0 Å². The maximum absolute atomic E-state index is 14.4. The highest BCUT2D eigenvalue weighted by Gasteiger charge is 2.51. The Hall–Kier alpha value is -2.48. The van der Waals surface area contributed by atoms with Gasteiger partial charge < -0.3 is 15.5 Å². The van der Waals surface area contributed by atoms with Gasteiger partial charge in [0.05, 0.1) is 4.88 Å². The predicted molar refractivity (Wildman–Crippen MR) is 102 cm³/mol. The molecule has 2 aromatic rings. The first-order chi connectivity index (χ1) is 12.9. The summed E-state index contributed by atoms with van der Waals surface area (Å²) in [5.74, 6) is -1.12. The highest BCUT2D eigenvalue weighted by atomic mass is 32.1. The van der Waals surface area contributed by atoms with Crippen molar-refractivity contribution >= 4 is 28.3 Å². The van der Waals surface area contributed by atoms with E-state index in [1.54, 1.807) is 28.0 Å². The molecule has 1 aromatic carbocycles. The molecule has 2 aliphatic rings. The van der Waals surface area contributed by atoms with Crippen LogP contribution in [0.3, 0.4) is 0 Å². The Labute approximate surface area is 160 Å². The summed E-state index contributed by atoms with van der Waals surface area (Å²) < 4.78 is 14.4. The molecule has 1 aliphatic heterocycles. The average molecular weight is 388 g/mol. The Morgan fingerprint density at radius 2 is 2.04 bits per heavy atom. The van der Waals surface area contributed by atoms with Gasteiger partial charge in [-0.1, -0.05) is 29.5 Å². The van der Waals surface area contributed by atoms with E-state index < -0.39 is 17.8 Å². The molecule has 27 heavy (non-hydrogen) atoms. The van der Waals surface area contributed by atoms with Crippen molar-refractivity contribution in [3.8, 4) is 10.4 Å². The molecule has 1 saturated heterocycles. The number of benzene rings is 1. The molecular weight excluding hydrogens is 367 g/mol. The van der Waals surface area contributed by atoms with E-state index in [9.17, 15) is 14.0 Å². The third-order valence-electron chi connectivity index (χ3n) is 5.43. The van der Waals surface area contributed by atoms with Crippen LogP contribution in [0.15, 0.2) is 24.3 Å². The van der Waals surface area contributed by atoms with Crippen LogP contribution in [0.2, 0.25) is 0 Å². The van der Waals surface area contributed by atoms with Gasteiger partial charge in [0, 0.05) is 25.7 Å². The van der Waals surface area contributed by atoms with Gasteiger partial charge in [-0.2, -0.15) is 0 Å². The van der Waals surface area contributed by atoms with Crippen molar-refractivity contribution in [3.05, 3.63) is 35.8 Å². The summed E-state index contributed by atoms with van der Waals surface area (Å²) in [7, 11) is 3.64. The number of rotatable bonds is 4. The zero-order valence-corrected chi connectivity index (χ0v) is 16.0. The summed E-state index contributed by atoms with van der Waals surface area (Å²) >= 11 is 1.26. The summed E-state index contributed by atoms with van der Waals surface area (Å²) in [6.07, 6.45) is 2.56. The van der Waals surface area contributed by atoms with E-state index in [2.05, 4.69) is 4.98 Å². The summed E-state index contributed by atoms with van der Waals surface area (Å²) in [5.41, 5.74) is 6.13. The number of hydrogen-bond donors (Lipinski definition) is 1. The van der Waals surface area contributed by atoms with E-state index >= 15 is 0 Å². The second-order valence-corrected chi connectivity index (χ2v) is 8.31. The average Bonchev–Trinajstić information content (AvgIpc) is 3.35. The van der Waals surface area contributed by atoms with Crippen molar-refractivity contribution in [3.63, 3.8) is 0 Å². The number of carbonyl (C=O) groups excluding carboxylic acids is 2. The lowest BCUT2D eigenvalue weighted by Gasteiger charge is -2.33. The SMILES string of the molecule is CN(C)c1nc(C(=O)N2[C@@H]3CC[C@@H](C3)[C@H]2C(N)=O)c(-c2ccccc2F)s1. The van der Waals surface area contributed by atoms with Crippen molar-refractivity contribution in [2.24, 2.45) is 11.7 Å². The normalized spacial score (nSPS) is 23.7. The number of aromatic nitrogens is 1. The summed E-state index contributed by atoms with van der Waals surface area (Å²) in [5, 5.41) is 0.608. The van der Waals surface area contributed by atoms with E-state index in [-0.39, 0.29) is 23.6 Å². The van der Waals surface area contributed by atoms with Gasteiger partial charge in [-0.05, 0) is 31.2 Å². The predicted octanol–water partition coefficient (Wildman–Crippen LogP) is 2.49. The third-order valence-corrected chi connectivity index (χ3v) is 6.69. The molecule has 0 spiro atoms. The Balaban J connectivity index is 1.80. The van der Waals surface area contributed by atoms with Crippen LogP contribution in [0.5, 0.6) is 0 Å². The number of halogens is 1. The highest BCUT2D eigenvalue weighted by Crippen LogP contribution is 2.44. The molecule has 4 rings (SSSR count). The molecule has 1 aliphatic carbocycles. The number of anilines is 1. The van der Waals surface area contributed by atoms with E-state index in [4.69, 9.17) is 5.73 Å². The molecule has 0 unspecified atom stereocenters. The van der Waals surface area contributed by atoms with E-state index in [1.807, 2.05) is 14.1 Å². The first-order valence-corrected chi connectivity index (χ1v) is 9.75. The maximum atomic E-state index is 14.4. The number of carbonyl (C=O) groups is 2. The number of thiazole rings is 1. The fraction of sp³-hybridized carbons (Fsp3) is 0.421. The molecule has 2 fully saturated rings. The van der Waals surface area contributed by atoms with Gasteiger partial charge in [-0.3, -0.25) is 9.59 Å². The minimum Gasteiger partial charge on any atom is -0.368 e. The number of nitrogens with zero attached hydrogens (tertiary/aromatic N) is 3. The Morgan fingerprint density at radius 3 is 2.70 bits per heavy atom. The fourth-order valence-corrected chi connectivity index (χ4v) is 5.25. The maximum Gasteiger partial charge on any atom is 0.275 e. The summed E-state index contributed by atoms with van der Waals surface area (Å²) in [6.45, 7) is 0. The number of amides is 2. The van der Waals surface area contributed by atoms with Crippen molar-refractivity contribution < 1.29 is 14.0 Å². The minimum absolute atomic E-state index is 0.00187. The number of piperidine rings is 1. The molecule has 2 heterocycles. The summed E-state index contributed by atoms with van der Waals surface area (Å²) in [4.78, 5) is 33.8. The zero-order chi connectivity index (χ0) is 19.3. The molecule has 3 atom stereocenters. The van der Waals surface area contributed by atoms with Crippen LogP contribution in [0, 0.1) is 11.7 Å². The molecule has 0 radical (unpaired) electrons. The van der Waals surface area contributed by atoms with Crippen LogP contribution in [-0.2, 0) is 4.79 Å². The van der Waals surface area contributed by atoms with Gasteiger partial charge in [0.15, 0.2) is 5.13 Å². The Morgan fingerprint density at radius 1 is 1.30 bits per heavy atom. The Bertz CT molecular complexity index is 913. The quantitative estimate of drug-likeness (QED) is 0.873. The van der Waals surface area contributed by atoms with Gasteiger partial charge in [-0.15, -0.1) is 0 Å². The lowest BCUT2D eigenvalue weighted by molar-refractivity contribution is -0.123. The summed E-state index contributed by atoms with van der Waals surface area (Å²) in [6, 6.07) is 5.73. The third kappa shape index (κ3) is 2.88. The van der Waals surface area contributed by atoms with Crippen molar-refractivity contribution in [1.82, 2.24) is 9.88 Å². The highest BCUT2D eigenvalue weighted by molar-refractivity contribution is 7.19. The van der Waals surface area contributed by atoms with Crippen molar-refractivity contribution in [2.45, 2.75) is 31.3 Å². The van der Waals surface area contributed by atoms with Crippen LogP contribution < -0.4 is 10.6 Å². The van der Waals surface area contributed by atoms with Gasteiger partial charge in [0.25, 0.3) is 5.91 Å². The fourth-order valence-electron chi connectivity index (χ4n) is 4.24. The van der Waals surface area contributed by atoms with E-state index in [1.165, 1.54) is 17.4 Å². The molecule has 6 nitrogen and oxygen atoms in total. The topological polar surface area (TPSA) is 79.5 Å². The lowest BCUT2D eigenvalue weighted by Crippen LogP contribution is -2.51. The van der Waals surface area contributed by atoms with Crippen LogP contribution in [0.4, 0.5) is 9.52 Å². The first kappa shape index (κ1) is 17.9. The minimum atomic E-state index is -0.603. The molecule has 142 valence electrons. The monoisotopic (exact) mass is 388 g/mol. The first-order valence-electron chi connectivity index (χ1n) is 8.93. The van der Waals surface area contributed by atoms with Crippen LogP contribution in [0.25, 0.3) is 10.4 Å². The second kappa shape index (κ2) is 6.60. The smallest absolute Gasteiger partial charge is 0.275 e. The van der Waals surface area contributed by atoms with Crippen LogP contribution in [0.1, 0.15) is 29.8 Å². The molecule has 2 N–H and O–H groups in total. The molecular formula is C19H21FN4O2S. The van der Waals surface area contributed by atoms with Gasteiger partial charge in [-0.25, -0.2) is 9.37 Å². The zero-order valence-electron chi connectivity index (χ0n) is 15.2.